The molecular formula is C12H12FN3O. The van der Waals surface area contributed by atoms with Gasteiger partial charge in [0.25, 0.3) is 5.91 Å². The van der Waals surface area contributed by atoms with E-state index in [0.717, 1.165) is 5.56 Å². The van der Waals surface area contributed by atoms with E-state index in [9.17, 15) is 9.18 Å². The maximum atomic E-state index is 12.7. The van der Waals surface area contributed by atoms with Crippen LogP contribution in [-0.2, 0) is 0 Å². The molecule has 0 aliphatic rings. The Balaban J connectivity index is 2.04. The van der Waals surface area contributed by atoms with Crippen molar-refractivity contribution in [2.24, 2.45) is 0 Å². The minimum atomic E-state index is -0.290. The second-order valence-electron chi connectivity index (χ2n) is 3.73. The fourth-order valence-corrected chi connectivity index (χ4v) is 1.49. The van der Waals surface area contributed by atoms with Crippen molar-refractivity contribution in [3.63, 3.8) is 0 Å². The van der Waals surface area contributed by atoms with Crippen molar-refractivity contribution >= 4 is 5.91 Å². The normalized spacial score (nSPS) is 12.1. The molecule has 1 atom stereocenters. The van der Waals surface area contributed by atoms with Crippen LogP contribution in [0.25, 0.3) is 0 Å². The van der Waals surface area contributed by atoms with Gasteiger partial charge in [0, 0.05) is 6.20 Å². The minimum Gasteiger partial charge on any atom is -0.345 e. The molecule has 17 heavy (non-hydrogen) atoms. The lowest BCUT2D eigenvalue weighted by Crippen LogP contribution is -2.26. The molecule has 0 saturated carbocycles. The zero-order valence-electron chi connectivity index (χ0n) is 9.27. The Morgan fingerprint density at radius 2 is 2.12 bits per heavy atom. The van der Waals surface area contributed by atoms with Gasteiger partial charge >= 0.3 is 0 Å². The van der Waals surface area contributed by atoms with E-state index in [0.29, 0.717) is 5.56 Å². The van der Waals surface area contributed by atoms with Crippen molar-refractivity contribution < 1.29 is 9.18 Å². The number of hydrogen-bond donors (Lipinski definition) is 2. The zero-order chi connectivity index (χ0) is 12.3. The average molecular weight is 233 g/mol. The number of benzene rings is 1. The number of H-pyrrole nitrogens is 1. The van der Waals surface area contributed by atoms with Gasteiger partial charge in [-0.3, -0.25) is 9.89 Å². The molecule has 0 saturated heterocycles. The van der Waals surface area contributed by atoms with Crippen LogP contribution in [0.5, 0.6) is 0 Å². The van der Waals surface area contributed by atoms with Gasteiger partial charge < -0.3 is 5.32 Å². The minimum absolute atomic E-state index is 0.182. The van der Waals surface area contributed by atoms with Gasteiger partial charge in [0.2, 0.25) is 0 Å². The highest BCUT2D eigenvalue weighted by Crippen LogP contribution is 2.13. The summed E-state index contributed by atoms with van der Waals surface area (Å²) in [6, 6.07) is 5.86. The van der Waals surface area contributed by atoms with Gasteiger partial charge in [0.15, 0.2) is 0 Å². The summed E-state index contributed by atoms with van der Waals surface area (Å²) >= 11 is 0. The van der Waals surface area contributed by atoms with Crippen LogP contribution >= 0.6 is 0 Å². The number of nitrogens with one attached hydrogen (secondary N) is 2. The van der Waals surface area contributed by atoms with E-state index < -0.39 is 0 Å². The third kappa shape index (κ3) is 2.69. The number of carbonyl (C=O) groups is 1. The largest absolute Gasteiger partial charge is 0.345 e. The SMILES string of the molecule is CC(NC(=O)c1cn[nH]c1)c1ccc(F)cc1. The van der Waals surface area contributed by atoms with Gasteiger partial charge in [0.1, 0.15) is 5.82 Å². The van der Waals surface area contributed by atoms with Crippen LogP contribution in [0.4, 0.5) is 4.39 Å². The summed E-state index contributed by atoms with van der Waals surface area (Å²) in [6.45, 7) is 1.84. The Labute approximate surface area is 97.9 Å². The molecule has 0 aliphatic heterocycles. The number of nitrogens with zero attached hydrogens (tertiary/aromatic N) is 1. The smallest absolute Gasteiger partial charge is 0.254 e. The fourth-order valence-electron chi connectivity index (χ4n) is 1.49. The van der Waals surface area contributed by atoms with Crippen molar-refractivity contribution in [2.45, 2.75) is 13.0 Å². The summed E-state index contributed by atoms with van der Waals surface area (Å²) in [4.78, 5) is 11.7. The highest BCUT2D eigenvalue weighted by Gasteiger charge is 2.11. The third-order valence-corrected chi connectivity index (χ3v) is 2.48. The highest BCUT2D eigenvalue weighted by atomic mass is 19.1. The van der Waals surface area contributed by atoms with Crippen LogP contribution in [0.3, 0.4) is 0 Å². The molecule has 1 amide bonds. The molecule has 1 heterocycles. The molecule has 5 heteroatoms. The number of carbonyl (C=O) groups excluding carboxylic acids is 1. The van der Waals surface area contributed by atoms with E-state index in [1.165, 1.54) is 24.5 Å². The van der Waals surface area contributed by atoms with Crippen molar-refractivity contribution in [1.29, 1.82) is 0 Å². The maximum Gasteiger partial charge on any atom is 0.254 e. The van der Waals surface area contributed by atoms with Crippen LogP contribution in [0.15, 0.2) is 36.7 Å². The fraction of sp³-hybridized carbons (Fsp3) is 0.167. The molecule has 1 aromatic heterocycles. The molecule has 1 unspecified atom stereocenters. The first kappa shape index (κ1) is 11.3. The van der Waals surface area contributed by atoms with E-state index >= 15 is 0 Å². The molecule has 4 nitrogen and oxygen atoms in total. The molecule has 0 spiro atoms. The number of hydrogen-bond acceptors (Lipinski definition) is 2. The van der Waals surface area contributed by atoms with Gasteiger partial charge in [-0.05, 0) is 24.6 Å². The molecule has 0 fully saturated rings. The average Bonchev–Trinajstić information content (AvgIpc) is 2.83. The number of aromatic nitrogens is 2. The molecule has 2 N–H and O–H groups in total. The van der Waals surface area contributed by atoms with Crippen molar-refractivity contribution in [3.05, 3.63) is 53.6 Å². The van der Waals surface area contributed by atoms with Crippen molar-refractivity contribution in [2.75, 3.05) is 0 Å². The number of rotatable bonds is 3. The topological polar surface area (TPSA) is 57.8 Å². The number of halogens is 1. The predicted molar refractivity (Wildman–Crippen MR) is 60.9 cm³/mol. The van der Waals surface area contributed by atoms with Crippen molar-refractivity contribution in [1.82, 2.24) is 15.5 Å². The summed E-state index contributed by atoms with van der Waals surface area (Å²) in [5, 5.41) is 9.07. The van der Waals surface area contributed by atoms with Crippen LogP contribution < -0.4 is 5.32 Å². The Bertz CT molecular complexity index is 493. The summed E-state index contributed by atoms with van der Waals surface area (Å²) in [6.07, 6.45) is 2.97. The van der Waals surface area contributed by atoms with E-state index in [4.69, 9.17) is 0 Å². The molecular weight excluding hydrogens is 221 g/mol. The van der Waals surface area contributed by atoms with E-state index in [1.54, 1.807) is 12.1 Å². The van der Waals surface area contributed by atoms with Crippen LogP contribution in [0, 0.1) is 5.82 Å². The van der Waals surface area contributed by atoms with E-state index in [2.05, 4.69) is 15.5 Å². The van der Waals surface area contributed by atoms with Crippen LogP contribution in [-0.4, -0.2) is 16.1 Å². The lowest BCUT2D eigenvalue weighted by atomic mass is 10.1. The van der Waals surface area contributed by atoms with Crippen LogP contribution in [0.2, 0.25) is 0 Å². The van der Waals surface area contributed by atoms with Gasteiger partial charge in [-0.15, -0.1) is 0 Å². The summed E-state index contributed by atoms with van der Waals surface area (Å²) in [5.41, 5.74) is 1.32. The summed E-state index contributed by atoms with van der Waals surface area (Å²) < 4.78 is 12.7. The number of aromatic amines is 1. The molecule has 88 valence electrons. The van der Waals surface area contributed by atoms with Gasteiger partial charge in [0.05, 0.1) is 17.8 Å². The summed E-state index contributed by atoms with van der Waals surface area (Å²) in [7, 11) is 0. The predicted octanol–water partition coefficient (Wildman–Crippen LogP) is 2.04. The number of amides is 1. The summed E-state index contributed by atoms with van der Waals surface area (Å²) in [5.74, 6) is -0.502. The first-order valence-corrected chi connectivity index (χ1v) is 5.22. The Kier molecular flexibility index (Phi) is 3.18. The van der Waals surface area contributed by atoms with Gasteiger partial charge in [-0.25, -0.2) is 4.39 Å². The van der Waals surface area contributed by atoms with Crippen LogP contribution in [0.1, 0.15) is 28.9 Å². The first-order chi connectivity index (χ1) is 8.16. The lowest BCUT2D eigenvalue weighted by Gasteiger charge is -2.13. The molecule has 2 aromatic rings. The lowest BCUT2D eigenvalue weighted by molar-refractivity contribution is 0.0940. The highest BCUT2D eigenvalue weighted by molar-refractivity contribution is 5.93. The monoisotopic (exact) mass is 233 g/mol. The van der Waals surface area contributed by atoms with Gasteiger partial charge in [-0.2, -0.15) is 5.10 Å². The van der Waals surface area contributed by atoms with Crippen molar-refractivity contribution in [3.8, 4) is 0 Å². The molecule has 1 aromatic carbocycles. The second-order valence-corrected chi connectivity index (χ2v) is 3.73. The van der Waals surface area contributed by atoms with Gasteiger partial charge in [-0.1, -0.05) is 12.1 Å². The molecule has 0 aliphatic carbocycles. The standard InChI is InChI=1S/C12H12FN3O/c1-8(9-2-4-11(13)5-3-9)16-12(17)10-6-14-15-7-10/h2-8H,1H3,(H,14,15)(H,16,17). The molecule has 0 radical (unpaired) electrons. The zero-order valence-corrected chi connectivity index (χ0v) is 9.27. The quantitative estimate of drug-likeness (QED) is 0.852. The first-order valence-electron chi connectivity index (χ1n) is 5.22. The maximum absolute atomic E-state index is 12.7. The Morgan fingerprint density at radius 3 is 2.71 bits per heavy atom. The molecule has 2 rings (SSSR count). The third-order valence-electron chi connectivity index (χ3n) is 2.48. The van der Waals surface area contributed by atoms with E-state index in [1.807, 2.05) is 6.92 Å². The molecule has 0 bridgehead atoms. The Morgan fingerprint density at radius 1 is 1.41 bits per heavy atom. The van der Waals surface area contributed by atoms with E-state index in [-0.39, 0.29) is 17.8 Å². The Hall–Kier alpha value is -2.17. The second kappa shape index (κ2) is 4.78.